The maximum Gasteiger partial charge on any atom is 0.408 e. The van der Waals surface area contributed by atoms with Crippen LogP contribution in [0.4, 0.5) is 9.18 Å². The quantitative estimate of drug-likeness (QED) is 0.843. The molecule has 2 N–H and O–H groups in total. The van der Waals surface area contributed by atoms with Crippen molar-refractivity contribution in [3.05, 3.63) is 70.5 Å². The minimum Gasteiger partial charge on any atom is -0.465 e. The van der Waals surface area contributed by atoms with E-state index in [0.717, 1.165) is 17.5 Å². The third kappa shape index (κ3) is 2.36. The van der Waals surface area contributed by atoms with Crippen molar-refractivity contribution < 1.29 is 14.3 Å². The molecule has 3 atom stereocenters. The van der Waals surface area contributed by atoms with E-state index in [-0.39, 0.29) is 23.9 Å². The number of carboxylic acid groups (broad SMARTS) is 1. The van der Waals surface area contributed by atoms with E-state index in [1.807, 2.05) is 18.2 Å². The average Bonchev–Trinajstić information content (AvgIpc) is 2.96. The van der Waals surface area contributed by atoms with Gasteiger partial charge in [0.2, 0.25) is 0 Å². The Labute approximate surface area is 139 Å². The Kier molecular flexibility index (Phi) is 3.53. The van der Waals surface area contributed by atoms with Crippen LogP contribution in [0.1, 0.15) is 40.6 Å². The van der Waals surface area contributed by atoms with Gasteiger partial charge in [-0.15, -0.1) is 0 Å². The van der Waals surface area contributed by atoms with Crippen LogP contribution in [0.5, 0.6) is 0 Å². The van der Waals surface area contributed by atoms with Gasteiger partial charge in [-0.25, -0.2) is 9.18 Å². The Morgan fingerprint density at radius 2 is 1.96 bits per heavy atom. The maximum atomic E-state index is 13.9. The van der Waals surface area contributed by atoms with Crippen LogP contribution in [-0.2, 0) is 6.42 Å². The van der Waals surface area contributed by atoms with Crippen LogP contribution in [0, 0.1) is 5.82 Å². The lowest BCUT2D eigenvalue weighted by molar-refractivity contribution is 0.133. The van der Waals surface area contributed by atoms with Gasteiger partial charge < -0.3 is 5.11 Å². The molecule has 0 saturated carbocycles. The molecule has 1 amide bonds. The summed E-state index contributed by atoms with van der Waals surface area (Å²) in [5, 5.41) is 12.7. The van der Waals surface area contributed by atoms with Gasteiger partial charge in [0, 0.05) is 19.0 Å². The van der Waals surface area contributed by atoms with Gasteiger partial charge in [-0.2, -0.15) is 0 Å². The molecule has 4 rings (SSSR count). The summed E-state index contributed by atoms with van der Waals surface area (Å²) >= 11 is 0. The van der Waals surface area contributed by atoms with E-state index in [9.17, 15) is 14.3 Å². The van der Waals surface area contributed by atoms with Crippen molar-refractivity contribution in [1.82, 2.24) is 10.2 Å². The molecule has 24 heavy (non-hydrogen) atoms. The maximum absolute atomic E-state index is 13.9. The zero-order valence-electron chi connectivity index (χ0n) is 13.4. The highest BCUT2D eigenvalue weighted by Crippen LogP contribution is 2.46. The molecule has 1 aliphatic heterocycles. The number of halogens is 1. The topological polar surface area (TPSA) is 52.6 Å². The molecule has 0 aromatic heterocycles. The molecule has 2 aromatic rings. The van der Waals surface area contributed by atoms with Crippen LogP contribution < -0.4 is 5.32 Å². The normalized spacial score (nSPS) is 24.5. The molecule has 1 heterocycles. The Balaban J connectivity index is 1.83. The number of amides is 1. The molecule has 0 unspecified atom stereocenters. The van der Waals surface area contributed by atoms with Crippen LogP contribution in [0.3, 0.4) is 0 Å². The van der Waals surface area contributed by atoms with E-state index in [0.29, 0.717) is 6.42 Å². The van der Waals surface area contributed by atoms with Gasteiger partial charge in [-0.1, -0.05) is 30.3 Å². The van der Waals surface area contributed by atoms with E-state index < -0.39 is 6.09 Å². The van der Waals surface area contributed by atoms with Crippen molar-refractivity contribution >= 4 is 6.09 Å². The molecule has 0 radical (unpaired) electrons. The largest absolute Gasteiger partial charge is 0.465 e. The fourth-order valence-corrected chi connectivity index (χ4v) is 4.06. The molecule has 2 aliphatic rings. The fraction of sp³-hybridized carbons (Fsp3) is 0.316. The first-order chi connectivity index (χ1) is 11.5. The molecule has 2 aromatic carbocycles. The predicted molar refractivity (Wildman–Crippen MR) is 88.5 cm³/mol. The minimum absolute atomic E-state index is 0.0776. The summed E-state index contributed by atoms with van der Waals surface area (Å²) in [6.07, 6.45) is 0.219. The van der Waals surface area contributed by atoms with Gasteiger partial charge in [0.15, 0.2) is 0 Å². The smallest absolute Gasteiger partial charge is 0.408 e. The van der Waals surface area contributed by atoms with Crippen LogP contribution in [0.25, 0.3) is 0 Å². The number of benzene rings is 2. The molecule has 1 fully saturated rings. The lowest BCUT2D eigenvalue weighted by atomic mass is 9.87. The molecule has 0 bridgehead atoms. The number of carbonyl (C=O) groups is 1. The first kappa shape index (κ1) is 15.1. The number of rotatable bonds is 1. The van der Waals surface area contributed by atoms with E-state index in [2.05, 4.69) is 17.4 Å². The standard InChI is InChI=1S/C19H19FN2O2/c1-22(19(23)24)17-10-16-14-5-3-2-4-11(14)8-12-6-7-13(20)9-15(12)18(16)21-17/h2-7,9,16-18,21H,8,10H2,1H3,(H,23,24)/t16-,17+,18-/m1/s1. The summed E-state index contributed by atoms with van der Waals surface area (Å²) in [6, 6.07) is 13.1. The Morgan fingerprint density at radius 1 is 1.21 bits per heavy atom. The Morgan fingerprint density at radius 3 is 2.75 bits per heavy atom. The van der Waals surface area contributed by atoms with Crippen molar-refractivity contribution in [3.63, 3.8) is 0 Å². The second-order valence-electron chi connectivity index (χ2n) is 6.61. The van der Waals surface area contributed by atoms with Crippen molar-refractivity contribution in [2.75, 3.05) is 7.05 Å². The molecule has 124 valence electrons. The van der Waals surface area contributed by atoms with Crippen LogP contribution in [-0.4, -0.2) is 29.3 Å². The summed E-state index contributed by atoms with van der Waals surface area (Å²) in [4.78, 5) is 12.6. The van der Waals surface area contributed by atoms with Crippen molar-refractivity contribution in [3.8, 4) is 0 Å². The second kappa shape index (κ2) is 5.60. The Bertz CT molecular complexity index is 808. The van der Waals surface area contributed by atoms with Crippen molar-refractivity contribution in [1.29, 1.82) is 0 Å². The highest BCUT2D eigenvalue weighted by Gasteiger charge is 2.41. The predicted octanol–water partition coefficient (Wildman–Crippen LogP) is 3.48. The number of nitrogens with one attached hydrogen (secondary N) is 1. The Hall–Kier alpha value is -2.40. The van der Waals surface area contributed by atoms with Gasteiger partial charge in [0.05, 0.1) is 6.17 Å². The van der Waals surface area contributed by atoms with E-state index >= 15 is 0 Å². The summed E-state index contributed by atoms with van der Waals surface area (Å²) in [6.45, 7) is 0. The monoisotopic (exact) mass is 326 g/mol. The molecule has 1 aliphatic carbocycles. The number of hydrogen-bond acceptors (Lipinski definition) is 2. The summed E-state index contributed by atoms with van der Waals surface area (Å²) in [5.74, 6) is -0.119. The number of hydrogen-bond donors (Lipinski definition) is 2. The average molecular weight is 326 g/mol. The third-order valence-corrected chi connectivity index (χ3v) is 5.30. The summed E-state index contributed by atoms with van der Waals surface area (Å²) in [5.41, 5.74) is 4.51. The van der Waals surface area contributed by atoms with Crippen LogP contribution >= 0.6 is 0 Å². The van der Waals surface area contributed by atoms with Gasteiger partial charge in [-0.3, -0.25) is 10.2 Å². The third-order valence-electron chi connectivity index (χ3n) is 5.30. The van der Waals surface area contributed by atoms with Crippen LogP contribution in [0.15, 0.2) is 42.5 Å². The van der Waals surface area contributed by atoms with Crippen molar-refractivity contribution in [2.45, 2.75) is 31.0 Å². The molecule has 5 heteroatoms. The molecular formula is C19H19FN2O2. The highest BCUT2D eigenvalue weighted by atomic mass is 19.1. The molecule has 1 saturated heterocycles. The first-order valence-corrected chi connectivity index (χ1v) is 8.12. The molecule has 0 spiro atoms. The SMILES string of the molecule is CN(C(=O)O)[C@H]1C[C@@H]2c3ccccc3Cc3ccc(F)cc3[C@H]2N1. The number of fused-ring (bicyclic) bond motifs is 5. The van der Waals surface area contributed by atoms with Crippen LogP contribution in [0.2, 0.25) is 0 Å². The molecular weight excluding hydrogens is 307 g/mol. The van der Waals surface area contributed by atoms with Crippen molar-refractivity contribution in [2.24, 2.45) is 0 Å². The minimum atomic E-state index is -0.961. The zero-order chi connectivity index (χ0) is 16.8. The lowest BCUT2D eigenvalue weighted by Gasteiger charge is -2.23. The van der Waals surface area contributed by atoms with Gasteiger partial charge in [0.1, 0.15) is 5.82 Å². The lowest BCUT2D eigenvalue weighted by Crippen LogP contribution is -2.42. The first-order valence-electron chi connectivity index (χ1n) is 8.12. The second-order valence-corrected chi connectivity index (χ2v) is 6.61. The molecule has 4 nitrogen and oxygen atoms in total. The number of nitrogens with zero attached hydrogens (tertiary/aromatic N) is 1. The van der Waals surface area contributed by atoms with Gasteiger partial charge in [0.25, 0.3) is 0 Å². The van der Waals surface area contributed by atoms with E-state index in [4.69, 9.17) is 0 Å². The zero-order valence-corrected chi connectivity index (χ0v) is 13.4. The fourth-order valence-electron chi connectivity index (χ4n) is 4.06. The van der Waals surface area contributed by atoms with E-state index in [1.165, 1.54) is 22.1 Å². The highest BCUT2D eigenvalue weighted by molar-refractivity contribution is 5.65. The van der Waals surface area contributed by atoms with Gasteiger partial charge >= 0.3 is 6.09 Å². The summed E-state index contributed by atoms with van der Waals surface area (Å²) < 4.78 is 13.9. The van der Waals surface area contributed by atoms with E-state index in [1.54, 1.807) is 13.1 Å². The van der Waals surface area contributed by atoms with Gasteiger partial charge in [-0.05, 0) is 47.2 Å². The summed E-state index contributed by atoms with van der Waals surface area (Å²) in [7, 11) is 1.57.